The lowest BCUT2D eigenvalue weighted by atomic mass is 9.80. The van der Waals surface area contributed by atoms with Crippen molar-refractivity contribution in [1.82, 2.24) is 0 Å². The van der Waals surface area contributed by atoms with Gasteiger partial charge in [-0.1, -0.05) is 36.2 Å². The zero-order valence-electron chi connectivity index (χ0n) is 12.5. The van der Waals surface area contributed by atoms with Crippen LogP contribution in [0.3, 0.4) is 0 Å². The van der Waals surface area contributed by atoms with E-state index in [1.165, 1.54) is 36.8 Å². The summed E-state index contributed by atoms with van der Waals surface area (Å²) in [7, 11) is 0. The Labute approximate surface area is 122 Å². The van der Waals surface area contributed by atoms with Crippen LogP contribution >= 0.6 is 0 Å². The van der Waals surface area contributed by atoms with E-state index in [0.29, 0.717) is 6.54 Å². The van der Waals surface area contributed by atoms with Crippen LogP contribution in [-0.2, 0) is 0 Å². The van der Waals surface area contributed by atoms with Gasteiger partial charge in [0.25, 0.3) is 0 Å². The molecule has 1 aromatic rings. The van der Waals surface area contributed by atoms with Crippen molar-refractivity contribution in [1.29, 1.82) is 0 Å². The Balaban J connectivity index is 1.65. The van der Waals surface area contributed by atoms with Crippen LogP contribution in [0, 0.1) is 24.7 Å². The van der Waals surface area contributed by atoms with E-state index >= 15 is 0 Å². The molecule has 2 saturated carbocycles. The molecular formula is C18H27NO. The maximum Gasteiger partial charge on any atom is 0.0623 e. The molecule has 20 heavy (non-hydrogen) atoms. The van der Waals surface area contributed by atoms with Crippen LogP contribution in [0.25, 0.3) is 0 Å². The van der Waals surface area contributed by atoms with Crippen LogP contribution in [0.1, 0.15) is 49.1 Å². The Morgan fingerprint density at radius 1 is 1.20 bits per heavy atom. The summed E-state index contributed by atoms with van der Waals surface area (Å²) in [5.41, 5.74) is 8.38. The predicted molar refractivity (Wildman–Crippen MR) is 82.5 cm³/mol. The molecule has 0 radical (unpaired) electrons. The summed E-state index contributed by atoms with van der Waals surface area (Å²) < 4.78 is 0. The molecule has 2 bridgehead atoms. The van der Waals surface area contributed by atoms with Crippen LogP contribution in [0.15, 0.2) is 24.3 Å². The fourth-order valence-corrected chi connectivity index (χ4v) is 4.47. The van der Waals surface area contributed by atoms with Crippen molar-refractivity contribution in [3.05, 3.63) is 35.4 Å². The maximum absolute atomic E-state index is 10.6. The molecule has 3 rings (SSSR count). The van der Waals surface area contributed by atoms with Crippen molar-refractivity contribution in [2.45, 2.75) is 51.0 Å². The second-order valence-corrected chi connectivity index (χ2v) is 6.99. The Hall–Kier alpha value is -0.860. The van der Waals surface area contributed by atoms with Gasteiger partial charge in [0.05, 0.1) is 6.10 Å². The number of nitrogens with two attached hydrogens (primary N) is 1. The number of fused-ring (bicyclic) bond motifs is 2. The largest absolute Gasteiger partial charge is 0.392 e. The third-order valence-corrected chi connectivity index (χ3v) is 5.65. The van der Waals surface area contributed by atoms with E-state index in [1.54, 1.807) is 0 Å². The van der Waals surface area contributed by atoms with Crippen molar-refractivity contribution < 1.29 is 5.11 Å². The molecule has 2 nitrogen and oxygen atoms in total. The van der Waals surface area contributed by atoms with Gasteiger partial charge in [-0.25, -0.2) is 0 Å². The minimum atomic E-state index is -0.285. The lowest BCUT2D eigenvalue weighted by molar-refractivity contribution is 0.101. The van der Waals surface area contributed by atoms with E-state index < -0.39 is 0 Å². The summed E-state index contributed by atoms with van der Waals surface area (Å²) in [5.74, 6) is 2.66. The molecule has 2 heteroatoms. The number of rotatable bonds is 5. The second kappa shape index (κ2) is 5.87. The van der Waals surface area contributed by atoms with Gasteiger partial charge in [-0.3, -0.25) is 0 Å². The van der Waals surface area contributed by atoms with Gasteiger partial charge in [-0.2, -0.15) is 0 Å². The molecular weight excluding hydrogens is 246 g/mol. The zero-order valence-corrected chi connectivity index (χ0v) is 12.5. The smallest absolute Gasteiger partial charge is 0.0623 e. The normalized spacial score (nSPS) is 31.4. The zero-order chi connectivity index (χ0) is 14.1. The third-order valence-electron chi connectivity index (χ3n) is 5.65. The summed E-state index contributed by atoms with van der Waals surface area (Å²) in [6.07, 6.45) is 6.22. The van der Waals surface area contributed by atoms with Crippen LogP contribution in [-0.4, -0.2) is 17.8 Å². The highest BCUT2D eigenvalue weighted by Crippen LogP contribution is 2.50. The molecule has 110 valence electrons. The molecule has 3 N–H and O–H groups in total. The van der Waals surface area contributed by atoms with Crippen molar-refractivity contribution in [3.63, 3.8) is 0 Å². The molecule has 0 saturated heterocycles. The van der Waals surface area contributed by atoms with Gasteiger partial charge < -0.3 is 10.8 Å². The molecule has 2 aliphatic rings. The Morgan fingerprint density at radius 2 is 1.95 bits per heavy atom. The predicted octanol–water partition coefficient (Wildman–Crippen LogP) is 3.22. The first kappa shape index (κ1) is 14.1. The van der Waals surface area contributed by atoms with Gasteiger partial charge >= 0.3 is 0 Å². The Morgan fingerprint density at radius 3 is 2.50 bits per heavy atom. The third kappa shape index (κ3) is 2.77. The van der Waals surface area contributed by atoms with Gasteiger partial charge in [0, 0.05) is 12.5 Å². The first-order valence-corrected chi connectivity index (χ1v) is 8.12. The number of aliphatic hydroxyl groups is 1. The van der Waals surface area contributed by atoms with Gasteiger partial charge in [0.1, 0.15) is 0 Å². The molecule has 2 fully saturated rings. The van der Waals surface area contributed by atoms with Crippen molar-refractivity contribution >= 4 is 0 Å². The molecule has 0 aromatic heterocycles. The molecule has 5 atom stereocenters. The Kier molecular flexibility index (Phi) is 4.13. The lowest BCUT2D eigenvalue weighted by Gasteiger charge is -2.28. The van der Waals surface area contributed by atoms with Gasteiger partial charge in [-0.05, 0) is 55.9 Å². The van der Waals surface area contributed by atoms with Gasteiger partial charge in [0.15, 0.2) is 0 Å². The van der Waals surface area contributed by atoms with E-state index in [2.05, 4.69) is 31.2 Å². The van der Waals surface area contributed by atoms with Gasteiger partial charge in [-0.15, -0.1) is 0 Å². The number of hydrogen-bond acceptors (Lipinski definition) is 2. The fourth-order valence-electron chi connectivity index (χ4n) is 4.47. The lowest BCUT2D eigenvalue weighted by Crippen LogP contribution is -2.29. The van der Waals surface area contributed by atoms with Crippen LogP contribution in [0.2, 0.25) is 0 Å². The molecule has 0 amide bonds. The van der Waals surface area contributed by atoms with E-state index in [9.17, 15) is 5.11 Å². The monoisotopic (exact) mass is 273 g/mol. The molecule has 0 aliphatic heterocycles. The highest BCUT2D eigenvalue weighted by Gasteiger charge is 2.40. The first-order valence-electron chi connectivity index (χ1n) is 8.12. The molecule has 1 aromatic carbocycles. The molecule has 0 heterocycles. The van der Waals surface area contributed by atoms with E-state index in [-0.39, 0.29) is 12.0 Å². The highest BCUT2D eigenvalue weighted by atomic mass is 16.3. The number of benzene rings is 1. The van der Waals surface area contributed by atoms with Gasteiger partial charge in [0.2, 0.25) is 0 Å². The average molecular weight is 273 g/mol. The topological polar surface area (TPSA) is 46.2 Å². The standard InChI is InChI=1S/C18H27NO/c1-12-2-5-14(6-3-12)17(11-19)18(20)10-16-9-13-4-7-15(16)8-13/h2-3,5-6,13,15-18,20H,4,7-11,19H2,1H3. The SMILES string of the molecule is Cc1ccc(C(CN)C(O)CC2CC3CCC2C3)cc1. The van der Waals surface area contributed by atoms with Crippen molar-refractivity contribution in [2.24, 2.45) is 23.5 Å². The number of aryl methyl sites for hydroxylation is 1. The summed E-state index contributed by atoms with van der Waals surface area (Å²) in [5, 5.41) is 10.6. The fraction of sp³-hybridized carbons (Fsp3) is 0.667. The maximum atomic E-state index is 10.6. The van der Waals surface area contributed by atoms with Crippen molar-refractivity contribution in [3.8, 4) is 0 Å². The van der Waals surface area contributed by atoms with Crippen LogP contribution in [0.4, 0.5) is 0 Å². The van der Waals surface area contributed by atoms with E-state index in [4.69, 9.17) is 5.73 Å². The summed E-state index contributed by atoms with van der Waals surface area (Å²) in [6.45, 7) is 2.62. The number of aliphatic hydroxyl groups excluding tert-OH is 1. The minimum absolute atomic E-state index is 0.0923. The van der Waals surface area contributed by atoms with Crippen LogP contribution < -0.4 is 5.73 Å². The minimum Gasteiger partial charge on any atom is -0.392 e. The second-order valence-electron chi connectivity index (χ2n) is 6.99. The molecule has 0 spiro atoms. The number of hydrogen-bond donors (Lipinski definition) is 2. The van der Waals surface area contributed by atoms with E-state index in [1.807, 2.05) is 0 Å². The first-order chi connectivity index (χ1) is 9.67. The quantitative estimate of drug-likeness (QED) is 0.865. The van der Waals surface area contributed by atoms with Crippen molar-refractivity contribution in [2.75, 3.05) is 6.54 Å². The molecule has 2 aliphatic carbocycles. The summed E-state index contributed by atoms with van der Waals surface area (Å²) >= 11 is 0. The Bertz CT molecular complexity index is 441. The summed E-state index contributed by atoms with van der Waals surface area (Å²) in [4.78, 5) is 0. The molecule has 5 unspecified atom stereocenters. The van der Waals surface area contributed by atoms with E-state index in [0.717, 1.165) is 24.2 Å². The van der Waals surface area contributed by atoms with Crippen LogP contribution in [0.5, 0.6) is 0 Å². The average Bonchev–Trinajstić information content (AvgIpc) is 3.04. The summed E-state index contributed by atoms with van der Waals surface area (Å²) in [6, 6.07) is 8.47. The highest BCUT2D eigenvalue weighted by molar-refractivity contribution is 5.25.